The first-order chi connectivity index (χ1) is 9.80. The van der Waals surface area contributed by atoms with Crippen LogP contribution in [0.4, 0.5) is 0 Å². The van der Waals surface area contributed by atoms with Crippen molar-refractivity contribution in [3.8, 4) is 0 Å². The summed E-state index contributed by atoms with van der Waals surface area (Å²) >= 11 is 0. The van der Waals surface area contributed by atoms with Crippen LogP contribution in [0.3, 0.4) is 0 Å². The van der Waals surface area contributed by atoms with Gasteiger partial charge in [0, 0.05) is 13.5 Å². The van der Waals surface area contributed by atoms with Crippen molar-refractivity contribution < 1.29 is 9.90 Å². The number of hydrogen-bond acceptors (Lipinski definition) is 2. The van der Waals surface area contributed by atoms with E-state index >= 15 is 0 Å². The average Bonchev–Trinajstić information content (AvgIpc) is 2.39. The lowest BCUT2D eigenvalue weighted by Gasteiger charge is -1.99. The summed E-state index contributed by atoms with van der Waals surface area (Å²) in [5.74, 6) is -0.669. The average molecular weight is 293 g/mol. The predicted octanol–water partition coefficient (Wildman–Crippen LogP) is 2.79. The molecule has 0 heterocycles. The van der Waals surface area contributed by atoms with Gasteiger partial charge in [-0.3, -0.25) is 9.79 Å². The number of carboxylic acids is 1. The minimum atomic E-state index is -0.833. The van der Waals surface area contributed by atoms with Crippen molar-refractivity contribution in [2.24, 2.45) is 16.5 Å². The van der Waals surface area contributed by atoms with Crippen molar-refractivity contribution in [3.05, 3.63) is 61.3 Å². The molecule has 0 bridgehead atoms. The van der Waals surface area contributed by atoms with E-state index in [1.54, 1.807) is 18.2 Å². The smallest absolute Gasteiger partial charge is 0.300 e. The van der Waals surface area contributed by atoms with Gasteiger partial charge < -0.3 is 16.6 Å². The standard InChI is InChI=1S/C11H14.C3H9N3.C2H4O2/c1-5-9-11(8-4)10(6-2)7-3;1-2-6-3(4)5;1-2(3)4/h5-9H,1-2,4H2,3H3;2H2,1H3,(H4,4,5,6);1H3,(H,3,4)/b10-7-,11-9-;;. The zero-order valence-electron chi connectivity index (χ0n) is 13.2. The number of aliphatic carboxylic acids is 1. The summed E-state index contributed by atoms with van der Waals surface area (Å²) in [4.78, 5) is 12.6. The molecule has 0 atom stereocenters. The van der Waals surface area contributed by atoms with Crippen molar-refractivity contribution in [2.75, 3.05) is 6.54 Å². The second-order valence-corrected chi connectivity index (χ2v) is 3.43. The molecule has 0 aliphatic carbocycles. The quantitative estimate of drug-likeness (QED) is 0.412. The molecule has 0 aliphatic heterocycles. The zero-order valence-corrected chi connectivity index (χ0v) is 13.2. The SMILES string of the molecule is C=C/C=C(C=C)\C(C=C)=C/C.CC(=O)O.CCN=C(N)N. The van der Waals surface area contributed by atoms with E-state index in [1.807, 2.05) is 26.0 Å². The van der Waals surface area contributed by atoms with Gasteiger partial charge in [0.25, 0.3) is 5.97 Å². The number of carboxylic acid groups (broad SMARTS) is 1. The lowest BCUT2D eigenvalue weighted by Crippen LogP contribution is -2.22. The summed E-state index contributed by atoms with van der Waals surface area (Å²) in [5.41, 5.74) is 12.0. The van der Waals surface area contributed by atoms with Gasteiger partial charge in [0.05, 0.1) is 0 Å². The van der Waals surface area contributed by atoms with Gasteiger partial charge in [0.1, 0.15) is 0 Å². The summed E-state index contributed by atoms with van der Waals surface area (Å²) in [6, 6.07) is 0. The molecule has 0 saturated heterocycles. The van der Waals surface area contributed by atoms with E-state index < -0.39 is 5.97 Å². The summed E-state index contributed by atoms with van der Waals surface area (Å²) in [6.45, 7) is 16.6. The predicted molar refractivity (Wildman–Crippen MR) is 92.1 cm³/mol. The molecule has 5 nitrogen and oxygen atoms in total. The van der Waals surface area contributed by atoms with Gasteiger partial charge in [-0.15, -0.1) is 0 Å². The van der Waals surface area contributed by atoms with Gasteiger partial charge in [-0.25, -0.2) is 0 Å². The lowest BCUT2D eigenvalue weighted by molar-refractivity contribution is -0.134. The maximum Gasteiger partial charge on any atom is 0.300 e. The van der Waals surface area contributed by atoms with Crippen molar-refractivity contribution >= 4 is 11.9 Å². The molecule has 118 valence electrons. The van der Waals surface area contributed by atoms with E-state index in [0.717, 1.165) is 18.1 Å². The molecule has 0 radical (unpaired) electrons. The first kappa shape index (κ1) is 23.5. The second kappa shape index (κ2) is 17.4. The Hall–Kier alpha value is -2.56. The highest BCUT2D eigenvalue weighted by Crippen LogP contribution is 2.11. The Morgan fingerprint density at radius 1 is 1.19 bits per heavy atom. The summed E-state index contributed by atoms with van der Waals surface area (Å²) < 4.78 is 0. The van der Waals surface area contributed by atoms with Crippen molar-refractivity contribution in [1.29, 1.82) is 0 Å². The number of guanidine groups is 1. The Bertz CT molecular complexity index is 411. The Balaban J connectivity index is -0.000000272. The topological polar surface area (TPSA) is 102 Å². The number of carbonyl (C=O) groups is 1. The third-order valence-electron chi connectivity index (χ3n) is 1.72. The number of nitrogens with two attached hydrogens (primary N) is 2. The molecule has 0 aromatic heterocycles. The van der Waals surface area contributed by atoms with Crippen LogP contribution in [-0.2, 0) is 4.79 Å². The lowest BCUT2D eigenvalue weighted by atomic mass is 10.1. The van der Waals surface area contributed by atoms with Gasteiger partial charge in [0.2, 0.25) is 0 Å². The second-order valence-electron chi connectivity index (χ2n) is 3.43. The number of allylic oxidation sites excluding steroid dienone is 7. The van der Waals surface area contributed by atoms with Gasteiger partial charge in [0.15, 0.2) is 5.96 Å². The molecule has 5 heteroatoms. The molecule has 21 heavy (non-hydrogen) atoms. The molecular weight excluding hydrogens is 266 g/mol. The van der Waals surface area contributed by atoms with E-state index in [9.17, 15) is 0 Å². The monoisotopic (exact) mass is 293 g/mol. The molecule has 0 aromatic carbocycles. The maximum absolute atomic E-state index is 9.00. The van der Waals surface area contributed by atoms with Crippen LogP contribution < -0.4 is 11.5 Å². The van der Waals surface area contributed by atoms with Gasteiger partial charge >= 0.3 is 0 Å². The Morgan fingerprint density at radius 3 is 1.76 bits per heavy atom. The Morgan fingerprint density at radius 2 is 1.62 bits per heavy atom. The molecular formula is C16H27N3O2. The number of aliphatic imine (C=N–C) groups is 1. The minimum Gasteiger partial charge on any atom is -0.481 e. The highest BCUT2D eigenvalue weighted by molar-refractivity contribution is 5.75. The molecule has 0 saturated carbocycles. The van der Waals surface area contributed by atoms with E-state index in [2.05, 4.69) is 24.7 Å². The van der Waals surface area contributed by atoms with Crippen LogP contribution in [0.15, 0.2) is 66.3 Å². The Kier molecular flexibility index (Phi) is 19.5. The molecule has 0 aliphatic rings. The zero-order chi connectivity index (χ0) is 17.3. The molecule has 0 fully saturated rings. The number of nitrogens with zero attached hydrogens (tertiary/aromatic N) is 1. The van der Waals surface area contributed by atoms with Crippen LogP contribution in [0.1, 0.15) is 20.8 Å². The van der Waals surface area contributed by atoms with Crippen LogP contribution in [0, 0.1) is 0 Å². The number of hydrogen-bond donors (Lipinski definition) is 3. The van der Waals surface area contributed by atoms with E-state index in [-0.39, 0.29) is 5.96 Å². The highest BCUT2D eigenvalue weighted by atomic mass is 16.4. The fourth-order valence-corrected chi connectivity index (χ4v) is 0.994. The van der Waals surface area contributed by atoms with Crippen molar-refractivity contribution in [1.82, 2.24) is 0 Å². The van der Waals surface area contributed by atoms with Crippen LogP contribution in [-0.4, -0.2) is 23.6 Å². The van der Waals surface area contributed by atoms with Gasteiger partial charge in [-0.1, -0.05) is 50.1 Å². The summed E-state index contributed by atoms with van der Waals surface area (Å²) in [6.07, 6.45) is 9.23. The van der Waals surface area contributed by atoms with Crippen molar-refractivity contribution in [2.45, 2.75) is 20.8 Å². The molecule has 0 rings (SSSR count). The fourth-order valence-electron chi connectivity index (χ4n) is 0.994. The van der Waals surface area contributed by atoms with Crippen LogP contribution in [0.25, 0.3) is 0 Å². The molecule has 5 N–H and O–H groups in total. The summed E-state index contributed by atoms with van der Waals surface area (Å²) in [5, 5.41) is 7.42. The third-order valence-corrected chi connectivity index (χ3v) is 1.72. The largest absolute Gasteiger partial charge is 0.481 e. The molecule has 0 spiro atoms. The maximum atomic E-state index is 9.00. The molecule has 0 aromatic rings. The van der Waals surface area contributed by atoms with Crippen LogP contribution in [0.2, 0.25) is 0 Å². The normalized spacial score (nSPS) is 9.86. The first-order valence-electron chi connectivity index (χ1n) is 6.29. The fraction of sp³-hybridized carbons (Fsp3) is 0.250. The van der Waals surface area contributed by atoms with Crippen LogP contribution in [0.5, 0.6) is 0 Å². The summed E-state index contributed by atoms with van der Waals surface area (Å²) in [7, 11) is 0. The van der Waals surface area contributed by atoms with Crippen molar-refractivity contribution in [3.63, 3.8) is 0 Å². The molecule has 0 amide bonds. The Labute approximate surface area is 127 Å². The highest BCUT2D eigenvalue weighted by Gasteiger charge is 1.91. The third kappa shape index (κ3) is 23.0. The van der Waals surface area contributed by atoms with E-state index in [1.165, 1.54) is 0 Å². The van der Waals surface area contributed by atoms with Gasteiger partial charge in [-0.05, 0) is 25.0 Å². The van der Waals surface area contributed by atoms with E-state index in [0.29, 0.717) is 6.54 Å². The van der Waals surface area contributed by atoms with Gasteiger partial charge in [-0.2, -0.15) is 0 Å². The van der Waals surface area contributed by atoms with E-state index in [4.69, 9.17) is 21.4 Å². The molecule has 0 unspecified atom stereocenters. The number of rotatable bonds is 5. The minimum absolute atomic E-state index is 0.164. The van der Waals surface area contributed by atoms with Crippen LogP contribution >= 0.6 is 0 Å². The first-order valence-corrected chi connectivity index (χ1v) is 6.29.